The van der Waals surface area contributed by atoms with Gasteiger partial charge in [-0.1, -0.05) is 70.2 Å². The van der Waals surface area contributed by atoms with Crippen LogP contribution in [0.1, 0.15) is 57.0 Å². The summed E-state index contributed by atoms with van der Waals surface area (Å²) in [4.78, 5) is 15.0. The first kappa shape index (κ1) is 21.8. The zero-order chi connectivity index (χ0) is 20.9. The number of rotatable bonds is 7. The molecule has 2 aromatic rings. The van der Waals surface area contributed by atoms with Gasteiger partial charge in [0.1, 0.15) is 17.7 Å². The second kappa shape index (κ2) is 9.71. The van der Waals surface area contributed by atoms with Crippen LogP contribution >= 0.6 is 11.8 Å². The van der Waals surface area contributed by atoms with Crippen LogP contribution in [0.2, 0.25) is 0 Å². The van der Waals surface area contributed by atoms with E-state index >= 15 is 0 Å². The number of carbonyl (C=O) groups is 1. The molecule has 0 saturated carbocycles. The molecular formula is C25H33NO2S. The molecule has 3 nitrogen and oxygen atoms in total. The van der Waals surface area contributed by atoms with Crippen molar-refractivity contribution in [2.75, 3.05) is 12.3 Å². The minimum absolute atomic E-state index is 0.118. The van der Waals surface area contributed by atoms with E-state index in [2.05, 4.69) is 56.9 Å². The number of nitrogens with zero attached hydrogens (tertiary/aromatic N) is 1. The van der Waals surface area contributed by atoms with Crippen LogP contribution < -0.4 is 4.74 Å². The number of amides is 1. The van der Waals surface area contributed by atoms with Gasteiger partial charge in [-0.25, -0.2) is 0 Å². The topological polar surface area (TPSA) is 29.5 Å². The Morgan fingerprint density at radius 1 is 1.14 bits per heavy atom. The summed E-state index contributed by atoms with van der Waals surface area (Å²) in [6.45, 7) is 10.3. The molecule has 2 aromatic carbocycles. The zero-order valence-electron chi connectivity index (χ0n) is 18.1. The molecule has 1 heterocycles. The van der Waals surface area contributed by atoms with E-state index in [4.69, 9.17) is 4.74 Å². The van der Waals surface area contributed by atoms with E-state index in [1.165, 1.54) is 5.56 Å². The van der Waals surface area contributed by atoms with E-state index in [1.54, 1.807) is 0 Å². The highest BCUT2D eigenvalue weighted by atomic mass is 32.2. The standard InChI is InChI=1S/C25H33NO2S/c1-19(17-25(2,3)4)16-23(27)26-14-15-29-24(26)21-10-12-22(13-11-21)28-18-20-8-6-5-7-9-20/h5-13,19,24H,14-18H2,1-4H3. The molecule has 0 radical (unpaired) electrons. The lowest BCUT2D eigenvalue weighted by Crippen LogP contribution is -2.32. The minimum Gasteiger partial charge on any atom is -0.489 e. The molecule has 1 amide bonds. The molecule has 1 aliphatic rings. The van der Waals surface area contributed by atoms with Gasteiger partial charge < -0.3 is 9.64 Å². The fourth-order valence-corrected chi connectivity index (χ4v) is 5.28. The number of carbonyl (C=O) groups excluding carboxylic acids is 1. The molecule has 156 valence electrons. The van der Waals surface area contributed by atoms with E-state index in [-0.39, 0.29) is 16.7 Å². The van der Waals surface area contributed by atoms with Crippen molar-refractivity contribution in [1.82, 2.24) is 4.90 Å². The molecule has 2 unspecified atom stereocenters. The first-order valence-electron chi connectivity index (χ1n) is 10.5. The van der Waals surface area contributed by atoms with E-state index < -0.39 is 0 Å². The normalized spacial score (nSPS) is 17.9. The molecule has 1 fully saturated rings. The Labute approximate surface area is 179 Å². The van der Waals surface area contributed by atoms with Crippen LogP contribution in [0, 0.1) is 11.3 Å². The van der Waals surface area contributed by atoms with Gasteiger partial charge in [-0.15, -0.1) is 11.8 Å². The summed E-state index contributed by atoms with van der Waals surface area (Å²) in [5.74, 6) is 2.54. The molecule has 0 spiro atoms. The summed E-state index contributed by atoms with van der Waals surface area (Å²) < 4.78 is 5.90. The Kier molecular flexibility index (Phi) is 7.28. The molecule has 2 atom stereocenters. The van der Waals surface area contributed by atoms with Gasteiger partial charge in [-0.2, -0.15) is 0 Å². The van der Waals surface area contributed by atoms with Crippen molar-refractivity contribution in [2.45, 2.75) is 52.5 Å². The summed E-state index contributed by atoms with van der Waals surface area (Å²) in [7, 11) is 0. The molecule has 29 heavy (non-hydrogen) atoms. The lowest BCUT2D eigenvalue weighted by molar-refractivity contribution is -0.132. The summed E-state index contributed by atoms with van der Waals surface area (Å²) in [6.07, 6.45) is 1.70. The predicted octanol–water partition coefficient (Wildman–Crippen LogP) is 6.30. The smallest absolute Gasteiger partial charge is 0.224 e. The van der Waals surface area contributed by atoms with Crippen LogP contribution in [-0.2, 0) is 11.4 Å². The van der Waals surface area contributed by atoms with Crippen LogP contribution in [0.5, 0.6) is 5.75 Å². The van der Waals surface area contributed by atoms with Crippen LogP contribution in [0.3, 0.4) is 0 Å². The minimum atomic E-state index is 0.118. The van der Waals surface area contributed by atoms with Gasteiger partial charge in [0.05, 0.1) is 0 Å². The van der Waals surface area contributed by atoms with Gasteiger partial charge in [0.25, 0.3) is 0 Å². The van der Waals surface area contributed by atoms with Gasteiger partial charge in [0.15, 0.2) is 0 Å². The van der Waals surface area contributed by atoms with Crippen molar-refractivity contribution in [3.8, 4) is 5.75 Å². The van der Waals surface area contributed by atoms with Gasteiger partial charge in [-0.05, 0) is 41.0 Å². The van der Waals surface area contributed by atoms with Gasteiger partial charge in [-0.3, -0.25) is 4.79 Å². The molecule has 3 rings (SSSR count). The maximum atomic E-state index is 12.9. The van der Waals surface area contributed by atoms with E-state index in [0.29, 0.717) is 18.9 Å². The number of hydrogen-bond donors (Lipinski definition) is 0. The van der Waals surface area contributed by atoms with Crippen LogP contribution in [0.4, 0.5) is 0 Å². The van der Waals surface area contributed by atoms with E-state index in [9.17, 15) is 4.79 Å². The molecule has 0 bridgehead atoms. The maximum Gasteiger partial charge on any atom is 0.224 e. The second-order valence-electron chi connectivity index (χ2n) is 9.23. The number of hydrogen-bond acceptors (Lipinski definition) is 3. The van der Waals surface area contributed by atoms with Crippen molar-refractivity contribution >= 4 is 17.7 Å². The molecule has 1 saturated heterocycles. The fraction of sp³-hybridized carbons (Fsp3) is 0.480. The van der Waals surface area contributed by atoms with Gasteiger partial charge in [0, 0.05) is 18.7 Å². The lowest BCUT2D eigenvalue weighted by Gasteiger charge is -2.28. The summed E-state index contributed by atoms with van der Waals surface area (Å²) in [5, 5.41) is 0.118. The summed E-state index contributed by atoms with van der Waals surface area (Å²) >= 11 is 1.85. The number of thioether (sulfide) groups is 1. The molecule has 1 aliphatic heterocycles. The van der Waals surface area contributed by atoms with Crippen molar-refractivity contribution in [3.63, 3.8) is 0 Å². The SMILES string of the molecule is CC(CC(=O)N1CCSC1c1ccc(OCc2ccccc2)cc1)CC(C)(C)C. The van der Waals surface area contributed by atoms with Crippen molar-refractivity contribution in [3.05, 3.63) is 65.7 Å². The fourth-order valence-electron chi connectivity index (χ4n) is 4.00. The van der Waals surface area contributed by atoms with Gasteiger partial charge in [0.2, 0.25) is 5.91 Å². The van der Waals surface area contributed by atoms with Crippen LogP contribution in [0.15, 0.2) is 54.6 Å². The quantitative estimate of drug-likeness (QED) is 0.535. The Hall–Kier alpha value is -1.94. The highest BCUT2D eigenvalue weighted by molar-refractivity contribution is 7.99. The van der Waals surface area contributed by atoms with E-state index in [1.807, 2.05) is 42.1 Å². The second-order valence-corrected chi connectivity index (χ2v) is 10.4. The summed E-state index contributed by atoms with van der Waals surface area (Å²) in [5.41, 5.74) is 2.59. The van der Waals surface area contributed by atoms with Crippen LogP contribution in [-0.4, -0.2) is 23.1 Å². The van der Waals surface area contributed by atoms with Gasteiger partial charge >= 0.3 is 0 Å². The first-order valence-corrected chi connectivity index (χ1v) is 11.5. The van der Waals surface area contributed by atoms with Crippen molar-refractivity contribution < 1.29 is 9.53 Å². The van der Waals surface area contributed by atoms with E-state index in [0.717, 1.165) is 30.0 Å². The number of benzene rings is 2. The third-order valence-electron chi connectivity index (χ3n) is 5.11. The molecule has 0 N–H and O–H groups in total. The summed E-state index contributed by atoms with van der Waals surface area (Å²) in [6, 6.07) is 18.4. The average Bonchev–Trinajstić information content (AvgIpc) is 3.16. The Morgan fingerprint density at radius 2 is 1.83 bits per heavy atom. The van der Waals surface area contributed by atoms with Crippen molar-refractivity contribution in [1.29, 1.82) is 0 Å². The monoisotopic (exact) mass is 411 g/mol. The molecular weight excluding hydrogens is 378 g/mol. The third kappa shape index (κ3) is 6.53. The zero-order valence-corrected chi connectivity index (χ0v) is 18.9. The lowest BCUT2D eigenvalue weighted by atomic mass is 9.84. The molecule has 0 aromatic heterocycles. The predicted molar refractivity (Wildman–Crippen MR) is 122 cm³/mol. The highest BCUT2D eigenvalue weighted by Crippen LogP contribution is 2.39. The first-order chi connectivity index (χ1) is 13.8. The average molecular weight is 412 g/mol. The Balaban J connectivity index is 1.58. The largest absolute Gasteiger partial charge is 0.489 e. The Bertz CT molecular complexity index is 783. The molecule has 4 heteroatoms. The highest BCUT2D eigenvalue weighted by Gasteiger charge is 2.31. The Morgan fingerprint density at radius 3 is 2.48 bits per heavy atom. The maximum absolute atomic E-state index is 12.9. The van der Waals surface area contributed by atoms with Crippen LogP contribution in [0.25, 0.3) is 0 Å². The molecule has 0 aliphatic carbocycles. The number of ether oxygens (including phenoxy) is 1. The van der Waals surface area contributed by atoms with Crippen molar-refractivity contribution in [2.24, 2.45) is 11.3 Å². The third-order valence-corrected chi connectivity index (χ3v) is 6.37.